The number of benzene rings is 1. The fourth-order valence-corrected chi connectivity index (χ4v) is 2.12. The number of hydrogen-bond acceptors (Lipinski definition) is 3. The Labute approximate surface area is 110 Å². The van der Waals surface area contributed by atoms with E-state index in [0.29, 0.717) is 20.4 Å². The van der Waals surface area contributed by atoms with Gasteiger partial charge >= 0.3 is 5.97 Å². The van der Waals surface area contributed by atoms with Crippen molar-refractivity contribution in [3.8, 4) is 0 Å². The monoisotopic (exact) mass is 315 g/mol. The number of esters is 1. The van der Waals surface area contributed by atoms with Gasteiger partial charge < -0.3 is 9.72 Å². The third kappa shape index (κ3) is 1.96. The van der Waals surface area contributed by atoms with Crippen LogP contribution in [0.5, 0.6) is 0 Å². The molecule has 88 valence electrons. The van der Waals surface area contributed by atoms with E-state index in [-0.39, 0.29) is 11.0 Å². The molecule has 0 saturated carbocycles. The fraction of sp³-hybridized carbons (Fsp3) is 0.0909. The normalized spacial score (nSPS) is 10.5. The Morgan fingerprint density at radius 2 is 2.18 bits per heavy atom. The molecule has 0 radical (unpaired) electrons. The summed E-state index contributed by atoms with van der Waals surface area (Å²) in [5.41, 5.74) is 0.132. The van der Waals surface area contributed by atoms with Gasteiger partial charge in [0.15, 0.2) is 0 Å². The largest absolute Gasteiger partial charge is 0.465 e. The van der Waals surface area contributed by atoms with Crippen LogP contribution in [0.1, 0.15) is 10.4 Å². The first-order chi connectivity index (χ1) is 8.06. The summed E-state index contributed by atoms with van der Waals surface area (Å²) in [6.45, 7) is 0. The van der Waals surface area contributed by atoms with Crippen molar-refractivity contribution in [2.24, 2.45) is 0 Å². The van der Waals surface area contributed by atoms with Gasteiger partial charge in [0.1, 0.15) is 5.56 Å². The topological polar surface area (TPSA) is 59.2 Å². The van der Waals surface area contributed by atoms with Crippen molar-refractivity contribution in [2.45, 2.75) is 0 Å². The highest BCUT2D eigenvalue weighted by atomic mass is 79.9. The fourth-order valence-electron chi connectivity index (χ4n) is 1.50. The summed E-state index contributed by atoms with van der Waals surface area (Å²) in [7, 11) is 1.23. The number of fused-ring (bicyclic) bond motifs is 1. The molecule has 0 bridgehead atoms. The summed E-state index contributed by atoms with van der Waals surface area (Å²) in [4.78, 5) is 26.2. The third-order valence-corrected chi connectivity index (χ3v) is 3.72. The number of nitrogens with one attached hydrogen (secondary N) is 1. The number of methoxy groups -OCH3 is 1. The average molecular weight is 317 g/mol. The minimum atomic E-state index is -0.667. The lowest BCUT2D eigenvalue weighted by Gasteiger charge is -2.04. The molecule has 0 atom stereocenters. The highest BCUT2D eigenvalue weighted by Crippen LogP contribution is 2.28. The van der Waals surface area contributed by atoms with Gasteiger partial charge in [0.25, 0.3) is 0 Å². The smallest absolute Gasteiger partial charge is 0.343 e. The number of aromatic nitrogens is 1. The van der Waals surface area contributed by atoms with Gasteiger partial charge in [0.2, 0.25) is 5.43 Å². The summed E-state index contributed by atoms with van der Waals surface area (Å²) in [6.07, 6.45) is 1.32. The molecule has 2 aromatic rings. The standard InChI is InChI=1S/C11H7BrClNO3/c1-17-11(16)6-4-14-9-5(10(6)15)2-3-7(13)8(9)12/h2-4H,1H3,(H,14,15). The quantitative estimate of drug-likeness (QED) is 0.823. The first-order valence-electron chi connectivity index (χ1n) is 4.64. The summed E-state index contributed by atoms with van der Waals surface area (Å²) < 4.78 is 5.11. The molecule has 6 heteroatoms. The maximum Gasteiger partial charge on any atom is 0.343 e. The lowest BCUT2D eigenvalue weighted by molar-refractivity contribution is 0.0599. The zero-order chi connectivity index (χ0) is 12.6. The number of H-pyrrole nitrogens is 1. The minimum absolute atomic E-state index is 0.0331. The predicted molar refractivity (Wildman–Crippen MR) is 68.6 cm³/mol. The maximum atomic E-state index is 12.0. The van der Waals surface area contributed by atoms with E-state index in [4.69, 9.17) is 11.6 Å². The molecule has 4 nitrogen and oxygen atoms in total. The number of hydrogen-bond donors (Lipinski definition) is 1. The molecule has 0 aliphatic carbocycles. The molecule has 0 spiro atoms. The van der Waals surface area contributed by atoms with E-state index >= 15 is 0 Å². The number of aromatic amines is 1. The molecule has 0 amide bonds. The number of carbonyl (C=O) groups excluding carboxylic acids is 1. The van der Waals surface area contributed by atoms with Gasteiger partial charge in [0.05, 0.1) is 22.1 Å². The Kier molecular flexibility index (Phi) is 3.22. The van der Waals surface area contributed by atoms with Crippen molar-refractivity contribution in [2.75, 3.05) is 7.11 Å². The van der Waals surface area contributed by atoms with Gasteiger partial charge in [-0.2, -0.15) is 0 Å². The number of carbonyl (C=O) groups is 1. The third-order valence-electron chi connectivity index (χ3n) is 2.35. The van der Waals surface area contributed by atoms with Crippen LogP contribution in [0, 0.1) is 0 Å². The molecule has 0 aliphatic rings. The summed E-state index contributed by atoms with van der Waals surface area (Å²) in [6, 6.07) is 3.15. The van der Waals surface area contributed by atoms with E-state index in [0.717, 1.165) is 0 Å². The van der Waals surface area contributed by atoms with Crippen LogP contribution >= 0.6 is 27.5 Å². The SMILES string of the molecule is COC(=O)c1c[nH]c2c(Br)c(Cl)ccc2c1=O. The highest BCUT2D eigenvalue weighted by molar-refractivity contribution is 9.10. The molecule has 1 aromatic carbocycles. The van der Waals surface area contributed by atoms with Gasteiger partial charge in [0, 0.05) is 11.6 Å². The van der Waals surface area contributed by atoms with Crippen molar-refractivity contribution < 1.29 is 9.53 Å². The van der Waals surface area contributed by atoms with Gasteiger partial charge in [-0.05, 0) is 28.1 Å². The van der Waals surface area contributed by atoms with Crippen LogP contribution in [0.15, 0.2) is 27.6 Å². The molecule has 1 aromatic heterocycles. The second kappa shape index (κ2) is 4.50. The van der Waals surface area contributed by atoms with E-state index < -0.39 is 5.97 Å². The van der Waals surface area contributed by atoms with Crippen molar-refractivity contribution >= 4 is 44.4 Å². The van der Waals surface area contributed by atoms with E-state index in [2.05, 4.69) is 25.7 Å². The molecule has 17 heavy (non-hydrogen) atoms. The van der Waals surface area contributed by atoms with Crippen molar-refractivity contribution in [1.82, 2.24) is 4.98 Å². The molecule has 0 aliphatic heterocycles. The summed E-state index contributed by atoms with van der Waals surface area (Å²) >= 11 is 9.18. The van der Waals surface area contributed by atoms with Gasteiger partial charge in [-0.1, -0.05) is 11.6 Å². The Morgan fingerprint density at radius 1 is 1.47 bits per heavy atom. The van der Waals surface area contributed by atoms with Crippen molar-refractivity contribution in [1.29, 1.82) is 0 Å². The molecular weight excluding hydrogens is 309 g/mol. The maximum absolute atomic E-state index is 12.0. The van der Waals surface area contributed by atoms with E-state index in [9.17, 15) is 9.59 Å². The Bertz CT molecular complexity index is 666. The van der Waals surface area contributed by atoms with E-state index in [1.807, 2.05) is 0 Å². The second-order valence-electron chi connectivity index (χ2n) is 3.31. The van der Waals surface area contributed by atoms with Crippen LogP contribution in [0.3, 0.4) is 0 Å². The van der Waals surface area contributed by atoms with E-state index in [1.54, 1.807) is 12.1 Å². The van der Waals surface area contributed by atoms with Gasteiger partial charge in [-0.3, -0.25) is 4.79 Å². The summed E-state index contributed by atoms with van der Waals surface area (Å²) in [5, 5.41) is 0.864. The van der Waals surface area contributed by atoms with Crippen molar-refractivity contribution in [3.63, 3.8) is 0 Å². The predicted octanol–water partition coefficient (Wildman–Crippen LogP) is 2.73. The minimum Gasteiger partial charge on any atom is -0.465 e. The summed E-state index contributed by atoms with van der Waals surface area (Å²) in [5.74, 6) is -0.667. The molecule has 0 unspecified atom stereocenters. The molecule has 1 heterocycles. The van der Waals surface area contributed by atoms with Crippen LogP contribution in [-0.4, -0.2) is 18.1 Å². The highest BCUT2D eigenvalue weighted by Gasteiger charge is 2.14. The lowest BCUT2D eigenvalue weighted by Crippen LogP contribution is -2.17. The number of halogens is 2. The molecule has 0 fully saturated rings. The number of pyridine rings is 1. The Hall–Kier alpha value is -1.33. The zero-order valence-electron chi connectivity index (χ0n) is 8.71. The van der Waals surface area contributed by atoms with Crippen LogP contribution in [-0.2, 0) is 4.74 Å². The lowest BCUT2D eigenvalue weighted by atomic mass is 10.1. The molecular formula is C11H7BrClNO3. The van der Waals surface area contributed by atoms with Crippen molar-refractivity contribution in [3.05, 3.63) is 43.6 Å². The number of ether oxygens (including phenoxy) is 1. The van der Waals surface area contributed by atoms with Crippen LogP contribution < -0.4 is 5.43 Å². The van der Waals surface area contributed by atoms with Gasteiger partial charge in [-0.15, -0.1) is 0 Å². The zero-order valence-corrected chi connectivity index (χ0v) is 11.1. The average Bonchev–Trinajstić information content (AvgIpc) is 2.33. The van der Waals surface area contributed by atoms with E-state index in [1.165, 1.54) is 13.3 Å². The first-order valence-corrected chi connectivity index (χ1v) is 5.81. The molecule has 0 saturated heterocycles. The van der Waals surface area contributed by atoms with Crippen LogP contribution in [0.4, 0.5) is 0 Å². The first kappa shape index (κ1) is 12.1. The number of rotatable bonds is 1. The van der Waals surface area contributed by atoms with Crippen LogP contribution in [0.25, 0.3) is 10.9 Å². The Balaban J connectivity index is 2.83. The van der Waals surface area contributed by atoms with Crippen LogP contribution in [0.2, 0.25) is 5.02 Å². The Morgan fingerprint density at radius 3 is 2.82 bits per heavy atom. The van der Waals surface area contributed by atoms with Gasteiger partial charge in [-0.25, -0.2) is 4.79 Å². The molecule has 2 rings (SSSR count). The second-order valence-corrected chi connectivity index (χ2v) is 4.51. The molecule has 1 N–H and O–H groups in total.